The van der Waals surface area contributed by atoms with E-state index in [9.17, 15) is 0 Å². The van der Waals surface area contributed by atoms with Gasteiger partial charge in [-0.05, 0) is 104 Å². The average molecular weight is 727 g/mol. The summed E-state index contributed by atoms with van der Waals surface area (Å²) in [6, 6.07) is 74.6. The SMILES string of the molecule is c1ccc2c(c1)Oc1cccc3c4c(-c5ccc(N(c6ccc(-c7cccc8ccccc78)cc6)c6cc7ccccc7c7ccccc67)cc5)cccc4n-2c13. The van der Waals surface area contributed by atoms with E-state index in [4.69, 9.17) is 4.74 Å². The molecule has 266 valence electrons. The lowest BCUT2D eigenvalue weighted by molar-refractivity contribution is 0.476. The van der Waals surface area contributed by atoms with Crippen molar-refractivity contribution >= 4 is 71.2 Å². The van der Waals surface area contributed by atoms with Crippen LogP contribution in [0.3, 0.4) is 0 Å². The predicted molar refractivity (Wildman–Crippen MR) is 239 cm³/mol. The normalized spacial score (nSPS) is 12.0. The van der Waals surface area contributed by atoms with Crippen LogP contribution in [0.1, 0.15) is 0 Å². The van der Waals surface area contributed by atoms with Gasteiger partial charge >= 0.3 is 0 Å². The number of nitrogens with zero attached hydrogens (tertiary/aromatic N) is 2. The van der Waals surface area contributed by atoms with Crippen LogP contribution in [0.2, 0.25) is 0 Å². The van der Waals surface area contributed by atoms with Crippen LogP contribution in [-0.4, -0.2) is 4.57 Å². The molecular formula is C54H34N2O. The molecule has 0 saturated heterocycles. The Morgan fingerprint density at radius 3 is 1.75 bits per heavy atom. The molecule has 11 aromatic rings. The van der Waals surface area contributed by atoms with E-state index in [0.29, 0.717) is 0 Å². The Hall–Kier alpha value is -7.62. The number of fused-ring (bicyclic) bond motifs is 9. The fraction of sp³-hybridized carbons (Fsp3) is 0. The number of aromatic nitrogens is 1. The first kappa shape index (κ1) is 31.7. The Balaban J connectivity index is 1.03. The molecule has 0 aliphatic carbocycles. The predicted octanol–water partition coefficient (Wildman–Crippen LogP) is 15.2. The number of hydrogen-bond donors (Lipinski definition) is 0. The summed E-state index contributed by atoms with van der Waals surface area (Å²) < 4.78 is 8.80. The Labute approximate surface area is 329 Å². The van der Waals surface area contributed by atoms with Crippen molar-refractivity contribution < 1.29 is 4.74 Å². The minimum Gasteiger partial charge on any atom is -0.453 e. The molecule has 0 N–H and O–H groups in total. The summed E-state index contributed by atoms with van der Waals surface area (Å²) in [5.74, 6) is 1.75. The average Bonchev–Trinajstić information content (AvgIpc) is 3.63. The molecule has 3 heteroatoms. The highest BCUT2D eigenvalue weighted by molar-refractivity contribution is 6.18. The molecule has 3 nitrogen and oxygen atoms in total. The van der Waals surface area contributed by atoms with Gasteiger partial charge in [-0.3, -0.25) is 0 Å². The van der Waals surface area contributed by atoms with E-state index in [1.54, 1.807) is 0 Å². The third-order valence-electron chi connectivity index (χ3n) is 11.8. The van der Waals surface area contributed by atoms with E-state index in [1.165, 1.54) is 65.3 Å². The van der Waals surface area contributed by atoms with Crippen LogP contribution in [0.25, 0.3) is 82.1 Å². The summed E-state index contributed by atoms with van der Waals surface area (Å²) in [4.78, 5) is 2.42. The summed E-state index contributed by atoms with van der Waals surface area (Å²) in [5, 5.41) is 9.83. The van der Waals surface area contributed by atoms with Crippen LogP contribution in [0, 0.1) is 0 Å². The van der Waals surface area contributed by atoms with Gasteiger partial charge in [-0.1, -0.05) is 152 Å². The third-order valence-corrected chi connectivity index (χ3v) is 11.8. The zero-order valence-corrected chi connectivity index (χ0v) is 30.9. The smallest absolute Gasteiger partial charge is 0.152 e. The molecule has 10 aromatic carbocycles. The molecule has 1 aliphatic rings. The van der Waals surface area contributed by atoms with Crippen LogP contribution in [0.15, 0.2) is 206 Å². The van der Waals surface area contributed by atoms with E-state index >= 15 is 0 Å². The Morgan fingerprint density at radius 1 is 0.386 bits per heavy atom. The highest BCUT2D eigenvalue weighted by atomic mass is 16.5. The largest absolute Gasteiger partial charge is 0.453 e. The van der Waals surface area contributed by atoms with Crippen LogP contribution >= 0.6 is 0 Å². The number of benzene rings is 10. The van der Waals surface area contributed by atoms with Gasteiger partial charge in [0.1, 0.15) is 0 Å². The van der Waals surface area contributed by atoms with Crippen molar-refractivity contribution in [2.24, 2.45) is 0 Å². The highest BCUT2D eigenvalue weighted by Crippen LogP contribution is 2.48. The summed E-state index contributed by atoms with van der Waals surface area (Å²) in [6.45, 7) is 0. The molecule has 0 amide bonds. The van der Waals surface area contributed by atoms with Crippen LogP contribution in [0.4, 0.5) is 17.1 Å². The van der Waals surface area contributed by atoms with Crippen LogP contribution in [0.5, 0.6) is 11.5 Å². The minimum atomic E-state index is 0.871. The summed E-state index contributed by atoms with van der Waals surface area (Å²) in [7, 11) is 0. The molecular weight excluding hydrogens is 693 g/mol. The molecule has 1 aliphatic heterocycles. The number of para-hydroxylation sites is 3. The number of hydrogen-bond acceptors (Lipinski definition) is 2. The van der Waals surface area contributed by atoms with E-state index < -0.39 is 0 Å². The van der Waals surface area contributed by atoms with Crippen LogP contribution < -0.4 is 9.64 Å². The molecule has 0 fully saturated rings. The molecule has 0 atom stereocenters. The van der Waals surface area contributed by atoms with Gasteiger partial charge in [0.15, 0.2) is 11.5 Å². The summed E-state index contributed by atoms with van der Waals surface area (Å²) in [6.07, 6.45) is 0. The molecule has 0 unspecified atom stereocenters. The van der Waals surface area contributed by atoms with E-state index in [2.05, 4.69) is 204 Å². The first-order chi connectivity index (χ1) is 28.3. The third kappa shape index (κ3) is 4.86. The van der Waals surface area contributed by atoms with Gasteiger partial charge in [-0.15, -0.1) is 0 Å². The fourth-order valence-corrected chi connectivity index (χ4v) is 9.21. The van der Waals surface area contributed by atoms with E-state index in [1.807, 2.05) is 12.1 Å². The van der Waals surface area contributed by atoms with Gasteiger partial charge in [-0.25, -0.2) is 0 Å². The lowest BCUT2D eigenvalue weighted by Gasteiger charge is -2.28. The zero-order chi connectivity index (χ0) is 37.5. The van der Waals surface area contributed by atoms with E-state index in [-0.39, 0.29) is 0 Å². The maximum Gasteiger partial charge on any atom is 0.152 e. The summed E-state index contributed by atoms with van der Waals surface area (Å²) >= 11 is 0. The molecule has 0 spiro atoms. The molecule has 1 aromatic heterocycles. The second-order valence-corrected chi connectivity index (χ2v) is 14.9. The van der Waals surface area contributed by atoms with Crippen molar-refractivity contribution in [2.45, 2.75) is 0 Å². The second kappa shape index (κ2) is 12.5. The molecule has 2 heterocycles. The lowest BCUT2D eigenvalue weighted by atomic mass is 9.96. The van der Waals surface area contributed by atoms with E-state index in [0.717, 1.165) is 45.3 Å². The zero-order valence-electron chi connectivity index (χ0n) is 30.9. The second-order valence-electron chi connectivity index (χ2n) is 14.9. The lowest BCUT2D eigenvalue weighted by Crippen LogP contribution is -2.10. The van der Waals surface area contributed by atoms with Gasteiger partial charge in [-0.2, -0.15) is 0 Å². The van der Waals surface area contributed by atoms with Gasteiger partial charge in [0.2, 0.25) is 0 Å². The number of rotatable bonds is 5. The molecule has 0 saturated carbocycles. The number of anilines is 3. The highest BCUT2D eigenvalue weighted by Gasteiger charge is 2.25. The van der Waals surface area contributed by atoms with Crippen molar-refractivity contribution in [3.63, 3.8) is 0 Å². The Bertz CT molecular complexity index is 3370. The fourth-order valence-electron chi connectivity index (χ4n) is 9.21. The van der Waals surface area contributed by atoms with Gasteiger partial charge in [0, 0.05) is 27.5 Å². The van der Waals surface area contributed by atoms with Gasteiger partial charge in [0.25, 0.3) is 0 Å². The monoisotopic (exact) mass is 726 g/mol. The first-order valence-electron chi connectivity index (χ1n) is 19.5. The van der Waals surface area contributed by atoms with Crippen molar-refractivity contribution in [1.82, 2.24) is 4.57 Å². The van der Waals surface area contributed by atoms with Crippen LogP contribution in [-0.2, 0) is 0 Å². The summed E-state index contributed by atoms with van der Waals surface area (Å²) in [5.41, 5.74) is 11.5. The maximum absolute atomic E-state index is 6.43. The quantitative estimate of drug-likeness (QED) is 0.164. The Morgan fingerprint density at radius 2 is 0.947 bits per heavy atom. The van der Waals surface area contributed by atoms with Crippen molar-refractivity contribution in [3.8, 4) is 39.4 Å². The number of ether oxygens (including phenoxy) is 1. The maximum atomic E-state index is 6.43. The van der Waals surface area contributed by atoms with Gasteiger partial charge in [0.05, 0.1) is 22.4 Å². The standard InChI is InChI=1S/C54H34N2O/c1-3-15-41-35(12-1)14-9-19-42(41)36-26-30-39(31-27-36)55(50-34-38-13-2-4-16-43(38)45-17-5-6-18-46(45)50)40-32-28-37(29-33-40)44-20-10-23-49-53(44)47-21-11-25-52-54(47)56(49)48-22-7-8-24-51(48)57-52/h1-34H. The molecule has 57 heavy (non-hydrogen) atoms. The molecule has 0 radical (unpaired) electrons. The van der Waals surface area contributed by atoms with Gasteiger partial charge < -0.3 is 14.2 Å². The van der Waals surface area contributed by atoms with Crippen molar-refractivity contribution in [1.29, 1.82) is 0 Å². The molecule has 0 bridgehead atoms. The van der Waals surface area contributed by atoms with Crippen molar-refractivity contribution in [3.05, 3.63) is 206 Å². The topological polar surface area (TPSA) is 17.4 Å². The minimum absolute atomic E-state index is 0.871. The molecule has 12 rings (SSSR count). The van der Waals surface area contributed by atoms with Crippen molar-refractivity contribution in [2.75, 3.05) is 4.90 Å². The first-order valence-corrected chi connectivity index (χ1v) is 19.5. The Kier molecular flexibility index (Phi) is 6.93.